The van der Waals surface area contributed by atoms with Crippen molar-refractivity contribution in [1.82, 2.24) is 25.0 Å². The zero-order valence-electron chi connectivity index (χ0n) is 15.3. The molecule has 0 saturated carbocycles. The highest BCUT2D eigenvalue weighted by Gasteiger charge is 2.21. The summed E-state index contributed by atoms with van der Waals surface area (Å²) in [4.78, 5) is 37.2. The molecular formula is C17H11Cl2FN6O4. The molecule has 2 aromatic heterocycles. The first-order valence-electron chi connectivity index (χ1n) is 8.23. The highest BCUT2D eigenvalue weighted by molar-refractivity contribution is 6.37. The van der Waals surface area contributed by atoms with E-state index in [9.17, 15) is 18.8 Å². The summed E-state index contributed by atoms with van der Waals surface area (Å²) in [6.07, 6.45) is 0. The second-order valence-electron chi connectivity index (χ2n) is 6.21. The van der Waals surface area contributed by atoms with Crippen LogP contribution in [0.1, 0.15) is 31.0 Å². The van der Waals surface area contributed by atoms with Gasteiger partial charge in [0.15, 0.2) is 11.6 Å². The molecule has 0 bridgehead atoms. The summed E-state index contributed by atoms with van der Waals surface area (Å²) in [5.41, 5.74) is -3.28. The molecule has 3 aromatic rings. The Morgan fingerprint density at radius 3 is 2.40 bits per heavy atom. The van der Waals surface area contributed by atoms with Crippen LogP contribution in [0.3, 0.4) is 0 Å². The highest BCUT2D eigenvalue weighted by Crippen LogP contribution is 2.38. The van der Waals surface area contributed by atoms with Gasteiger partial charge in [-0.15, -0.1) is 10.2 Å². The first kappa shape index (κ1) is 21.2. The Balaban J connectivity index is 2.09. The van der Waals surface area contributed by atoms with Gasteiger partial charge in [-0.2, -0.15) is 9.94 Å². The van der Waals surface area contributed by atoms with Gasteiger partial charge in [-0.05, 0) is 18.1 Å². The molecule has 0 aliphatic heterocycles. The van der Waals surface area contributed by atoms with Crippen LogP contribution in [0.5, 0.6) is 11.6 Å². The fourth-order valence-electron chi connectivity index (χ4n) is 2.52. The fraction of sp³-hybridized carbons (Fsp3) is 0.176. The van der Waals surface area contributed by atoms with E-state index in [1.807, 2.05) is 4.98 Å². The Hall–Kier alpha value is -3.49. The standard InChI is InChI=1S/C17H11Cl2FN6O4/c1-6(2)11-12(20)16(24-23-15(11)28)30-13-8(18)3-7(4-9(13)19)26-17(29)22-14(27)10(5-21)25-26/h3-4,6H,1-2H3,(H,23,28)(H,22,27,29). The summed E-state index contributed by atoms with van der Waals surface area (Å²) in [7, 11) is 0. The number of ether oxygens (including phenoxy) is 1. The zero-order valence-corrected chi connectivity index (χ0v) is 16.8. The van der Waals surface area contributed by atoms with E-state index in [2.05, 4.69) is 15.3 Å². The van der Waals surface area contributed by atoms with Crippen molar-refractivity contribution in [2.75, 3.05) is 0 Å². The summed E-state index contributed by atoms with van der Waals surface area (Å²) < 4.78 is 20.7. The number of H-pyrrole nitrogens is 2. The first-order valence-corrected chi connectivity index (χ1v) is 8.98. The maximum absolute atomic E-state index is 14.6. The molecule has 0 spiro atoms. The topological polar surface area (TPSA) is 147 Å². The van der Waals surface area contributed by atoms with Gasteiger partial charge in [0, 0.05) is 0 Å². The average molecular weight is 453 g/mol. The van der Waals surface area contributed by atoms with Crippen molar-refractivity contribution in [1.29, 1.82) is 5.26 Å². The van der Waals surface area contributed by atoms with Gasteiger partial charge in [-0.3, -0.25) is 14.6 Å². The van der Waals surface area contributed by atoms with Gasteiger partial charge in [-0.25, -0.2) is 14.3 Å². The van der Waals surface area contributed by atoms with Gasteiger partial charge in [0.1, 0.15) is 6.07 Å². The van der Waals surface area contributed by atoms with Crippen LogP contribution >= 0.6 is 23.2 Å². The summed E-state index contributed by atoms with van der Waals surface area (Å²) in [5, 5.41) is 17.9. The van der Waals surface area contributed by atoms with E-state index >= 15 is 0 Å². The average Bonchev–Trinajstić information content (AvgIpc) is 2.66. The van der Waals surface area contributed by atoms with Gasteiger partial charge < -0.3 is 4.74 Å². The number of nitrogens with one attached hydrogen (secondary N) is 2. The van der Waals surface area contributed by atoms with Crippen molar-refractivity contribution in [2.24, 2.45) is 0 Å². The Bertz CT molecular complexity index is 1350. The van der Waals surface area contributed by atoms with E-state index in [0.717, 1.165) is 0 Å². The highest BCUT2D eigenvalue weighted by atomic mass is 35.5. The van der Waals surface area contributed by atoms with E-state index < -0.39 is 40.1 Å². The first-order chi connectivity index (χ1) is 14.1. The van der Waals surface area contributed by atoms with E-state index in [1.165, 1.54) is 12.1 Å². The molecule has 0 aliphatic rings. The van der Waals surface area contributed by atoms with E-state index in [0.29, 0.717) is 4.68 Å². The minimum Gasteiger partial charge on any atom is -0.432 e. The summed E-state index contributed by atoms with van der Waals surface area (Å²) in [6.45, 7) is 3.24. The zero-order chi connectivity index (χ0) is 22.2. The van der Waals surface area contributed by atoms with Gasteiger partial charge in [0.2, 0.25) is 5.69 Å². The molecule has 2 heterocycles. The molecule has 0 amide bonds. The van der Waals surface area contributed by atoms with E-state index in [4.69, 9.17) is 33.2 Å². The number of nitrogens with zero attached hydrogens (tertiary/aromatic N) is 4. The summed E-state index contributed by atoms with van der Waals surface area (Å²) in [6, 6.07) is 3.94. The monoisotopic (exact) mass is 452 g/mol. The molecule has 30 heavy (non-hydrogen) atoms. The largest absolute Gasteiger partial charge is 0.432 e. The quantitative estimate of drug-likeness (QED) is 0.616. The van der Waals surface area contributed by atoms with Crippen LogP contribution in [-0.4, -0.2) is 25.0 Å². The number of aromatic amines is 2. The third kappa shape index (κ3) is 3.83. The van der Waals surface area contributed by atoms with Crippen LogP contribution in [0, 0.1) is 17.1 Å². The van der Waals surface area contributed by atoms with Crippen LogP contribution in [0.4, 0.5) is 4.39 Å². The van der Waals surface area contributed by atoms with Gasteiger partial charge in [-0.1, -0.05) is 37.0 Å². The third-order valence-corrected chi connectivity index (χ3v) is 4.43. The second-order valence-corrected chi connectivity index (χ2v) is 7.03. The molecule has 154 valence electrons. The number of hydrogen-bond acceptors (Lipinski definition) is 7. The normalized spacial score (nSPS) is 10.8. The van der Waals surface area contributed by atoms with Crippen LogP contribution in [0.2, 0.25) is 10.0 Å². The number of benzene rings is 1. The molecule has 0 fully saturated rings. The molecule has 0 aliphatic carbocycles. The number of aromatic nitrogens is 5. The molecule has 10 nitrogen and oxygen atoms in total. The van der Waals surface area contributed by atoms with Crippen LogP contribution in [0.15, 0.2) is 26.5 Å². The predicted octanol–water partition coefficient (Wildman–Crippen LogP) is 2.24. The van der Waals surface area contributed by atoms with E-state index in [1.54, 1.807) is 19.9 Å². The molecule has 0 unspecified atom stereocenters. The lowest BCUT2D eigenvalue weighted by molar-refractivity contribution is 0.407. The maximum atomic E-state index is 14.6. The predicted molar refractivity (Wildman–Crippen MR) is 104 cm³/mol. The number of halogens is 3. The minimum atomic E-state index is -0.970. The molecule has 0 atom stereocenters. The van der Waals surface area contributed by atoms with Gasteiger partial charge in [0.25, 0.3) is 17.0 Å². The third-order valence-electron chi connectivity index (χ3n) is 3.87. The summed E-state index contributed by atoms with van der Waals surface area (Å²) >= 11 is 12.3. The van der Waals surface area contributed by atoms with Gasteiger partial charge in [0.05, 0.1) is 21.3 Å². The SMILES string of the molecule is CC(C)c1c(F)c(Oc2c(Cl)cc(-n3nc(C#N)c(=O)[nH]c3=O)cc2Cl)n[nH]c1=O. The number of nitriles is 1. The van der Waals surface area contributed by atoms with Crippen molar-refractivity contribution in [3.63, 3.8) is 0 Å². The molecule has 2 N–H and O–H groups in total. The Kier molecular flexibility index (Phi) is 5.73. The van der Waals surface area contributed by atoms with Crippen LogP contribution in [0.25, 0.3) is 5.69 Å². The fourth-order valence-corrected chi connectivity index (χ4v) is 3.07. The lowest BCUT2D eigenvalue weighted by Crippen LogP contribution is -2.33. The van der Waals surface area contributed by atoms with Crippen molar-refractivity contribution in [2.45, 2.75) is 19.8 Å². The van der Waals surface area contributed by atoms with Crippen molar-refractivity contribution < 1.29 is 9.13 Å². The molecule has 0 saturated heterocycles. The number of hydrogen-bond donors (Lipinski definition) is 2. The lowest BCUT2D eigenvalue weighted by atomic mass is 10.1. The Morgan fingerprint density at radius 2 is 1.83 bits per heavy atom. The maximum Gasteiger partial charge on any atom is 0.349 e. The Morgan fingerprint density at radius 1 is 1.20 bits per heavy atom. The Labute approximate surface area is 176 Å². The number of rotatable bonds is 4. The smallest absolute Gasteiger partial charge is 0.349 e. The van der Waals surface area contributed by atoms with Gasteiger partial charge >= 0.3 is 5.69 Å². The van der Waals surface area contributed by atoms with E-state index in [-0.39, 0.29) is 27.0 Å². The van der Waals surface area contributed by atoms with Crippen molar-refractivity contribution in [3.8, 4) is 23.4 Å². The molecule has 1 aromatic carbocycles. The minimum absolute atomic E-state index is 0.00729. The summed E-state index contributed by atoms with van der Waals surface area (Å²) in [5.74, 6) is -2.17. The lowest BCUT2D eigenvalue weighted by Gasteiger charge is -2.13. The second kappa shape index (κ2) is 8.10. The van der Waals surface area contributed by atoms with Crippen LogP contribution < -0.4 is 21.5 Å². The van der Waals surface area contributed by atoms with Crippen molar-refractivity contribution in [3.05, 3.63) is 70.4 Å². The molecule has 13 heteroatoms. The molecule has 0 radical (unpaired) electrons. The van der Waals surface area contributed by atoms with Crippen molar-refractivity contribution >= 4 is 23.2 Å². The van der Waals surface area contributed by atoms with Crippen LogP contribution in [-0.2, 0) is 0 Å². The molecular weight excluding hydrogens is 442 g/mol. The molecule has 3 rings (SSSR count).